The molecule has 1 fully saturated rings. The third-order valence-electron chi connectivity index (χ3n) is 7.40. The van der Waals surface area contributed by atoms with Gasteiger partial charge in [-0.1, -0.05) is 41.5 Å². The predicted molar refractivity (Wildman–Crippen MR) is 148 cm³/mol. The molecule has 4 rings (SSSR count). The van der Waals surface area contributed by atoms with Crippen LogP contribution in [0, 0.1) is 47.0 Å². The van der Waals surface area contributed by atoms with Crippen LogP contribution in [0.1, 0.15) is 47.2 Å². The van der Waals surface area contributed by atoms with Gasteiger partial charge in [0.05, 0.1) is 6.07 Å². The van der Waals surface area contributed by atoms with Crippen LogP contribution in [0.15, 0.2) is 54.9 Å². The number of hydrogen-bond donors (Lipinski definition) is 0. The van der Waals surface area contributed by atoms with Gasteiger partial charge in [0.2, 0.25) is 11.8 Å². The molecule has 0 radical (unpaired) electrons. The lowest BCUT2D eigenvalue weighted by atomic mass is 9.76. The van der Waals surface area contributed by atoms with Gasteiger partial charge in [-0.2, -0.15) is 0 Å². The highest BCUT2D eigenvalue weighted by atomic mass is 16.2. The number of amides is 2. The molecule has 0 aliphatic carbocycles. The average molecular weight is 487 g/mol. The molecule has 190 valence electrons. The van der Waals surface area contributed by atoms with E-state index in [1.807, 2.05) is 40.4 Å². The molecule has 6 nitrogen and oxygen atoms in total. The number of aryl methyl sites for hydroxylation is 6. The van der Waals surface area contributed by atoms with Gasteiger partial charge in [-0.3, -0.25) is 9.59 Å². The lowest BCUT2D eigenvalue weighted by molar-refractivity contribution is -0.530. The van der Waals surface area contributed by atoms with Crippen LogP contribution in [-0.4, -0.2) is 30.8 Å². The average Bonchev–Trinajstić information content (AvgIpc) is 2.76. The summed E-state index contributed by atoms with van der Waals surface area (Å²) in [6, 6.07) is 14.1. The summed E-state index contributed by atoms with van der Waals surface area (Å²) in [5.41, 5.74) is 7.17. The first kappa shape index (κ1) is 27.1. The Morgan fingerprint density at radius 1 is 0.694 bits per heavy atom. The van der Waals surface area contributed by atoms with E-state index in [4.69, 9.17) is 0 Å². The fraction of sp³-hybridized carbons (Fsp3) is 0.345. The quantitative estimate of drug-likeness (QED) is 0.418. The number of carbonyl (C=O) groups is 2. The summed E-state index contributed by atoms with van der Waals surface area (Å²) in [6.45, 7) is 15.9. The van der Waals surface area contributed by atoms with Gasteiger partial charge in [-0.25, -0.2) is 0 Å². The van der Waals surface area contributed by atoms with Crippen molar-refractivity contribution < 1.29 is 19.5 Å². The van der Waals surface area contributed by atoms with Crippen molar-refractivity contribution in [3.8, 4) is 0 Å². The van der Waals surface area contributed by atoms with E-state index in [1.165, 1.54) is 0 Å². The van der Waals surface area contributed by atoms with Gasteiger partial charge in [0.25, 0.3) is 7.41 Å². The third kappa shape index (κ3) is 4.55. The summed E-state index contributed by atoms with van der Waals surface area (Å²) in [5.74, 6) is -0.275. The second-order valence-corrected chi connectivity index (χ2v) is 10.9. The normalized spacial score (nSPS) is 15.8. The maximum absolute atomic E-state index is 14.1. The lowest BCUT2D eigenvalue weighted by Gasteiger charge is -2.52. The molecule has 2 heterocycles. The molecule has 1 aromatic heterocycles. The Kier molecular flexibility index (Phi) is 7.46. The highest BCUT2D eigenvalue weighted by molar-refractivity contribution is 6.37. The van der Waals surface area contributed by atoms with Crippen molar-refractivity contribution in [3.63, 3.8) is 0 Å². The number of rotatable bonds is 4. The zero-order chi connectivity index (χ0) is 25.7. The molecule has 1 saturated heterocycles. The second-order valence-electron chi connectivity index (χ2n) is 10.9. The van der Waals surface area contributed by atoms with E-state index in [9.17, 15) is 9.59 Å². The molecule has 1 aliphatic heterocycles. The minimum atomic E-state index is -1.18. The van der Waals surface area contributed by atoms with E-state index < -0.39 is 18.9 Å². The van der Waals surface area contributed by atoms with Crippen LogP contribution in [0.3, 0.4) is 0 Å². The molecule has 0 atom stereocenters. The first-order chi connectivity index (χ1) is 16.4. The molecule has 2 N–H and O–H groups in total. The molecule has 0 spiro atoms. The number of aromatic nitrogens is 1. The number of hydrogen-bond acceptors (Lipinski definition) is 2. The molecule has 1 aliphatic rings. The first-order valence-electron chi connectivity index (χ1n) is 12.5. The molecular weight excluding hydrogens is 449 g/mol. The van der Waals surface area contributed by atoms with Crippen molar-refractivity contribution in [1.82, 2.24) is 0 Å². The number of pyridine rings is 1. The number of benzene rings is 2. The van der Waals surface area contributed by atoms with Gasteiger partial charge in [0.1, 0.15) is 17.8 Å². The fourth-order valence-electron chi connectivity index (χ4n) is 5.98. The Balaban J connectivity index is 0.00000361. The molecule has 2 amide bonds. The fourth-order valence-corrected chi connectivity index (χ4v) is 5.98. The van der Waals surface area contributed by atoms with E-state index in [-0.39, 0.29) is 17.3 Å². The molecule has 0 saturated carbocycles. The molecule has 3 aromatic rings. The van der Waals surface area contributed by atoms with E-state index in [2.05, 4.69) is 70.3 Å². The Labute approximate surface area is 215 Å². The van der Waals surface area contributed by atoms with Crippen molar-refractivity contribution >= 4 is 30.6 Å². The van der Waals surface area contributed by atoms with Crippen LogP contribution in [0.5, 0.6) is 0 Å². The third-order valence-corrected chi connectivity index (χ3v) is 7.40. The maximum Gasteiger partial charge on any atom is 0.293 e. The summed E-state index contributed by atoms with van der Waals surface area (Å²) < 4.78 is 2.17. The SMILES string of the molecule is Cc1cc(C)c(N2C(=O)C(C)(C)C(=O)N(c3c(C)cc(C)cc3C)C2[BH2-][n+]2ccccc2)c(C)c1.O. The summed E-state index contributed by atoms with van der Waals surface area (Å²) in [6.07, 6.45) is 4.07. The summed E-state index contributed by atoms with van der Waals surface area (Å²) in [4.78, 5) is 32.1. The Bertz CT molecular complexity index is 1200. The minimum Gasteiger partial charge on any atom is -0.429 e. The number of carbonyl (C=O) groups excluding carboxylic acids is 2. The van der Waals surface area contributed by atoms with Gasteiger partial charge in [-0.05, 0) is 89.8 Å². The van der Waals surface area contributed by atoms with Crippen LogP contribution >= 0.6 is 0 Å². The van der Waals surface area contributed by atoms with Crippen molar-refractivity contribution in [1.29, 1.82) is 0 Å². The van der Waals surface area contributed by atoms with Gasteiger partial charge in [0.15, 0.2) is 0 Å². The van der Waals surface area contributed by atoms with Crippen LogP contribution in [0.25, 0.3) is 0 Å². The Morgan fingerprint density at radius 2 is 1.06 bits per heavy atom. The zero-order valence-electron chi connectivity index (χ0n) is 22.9. The first-order valence-corrected chi connectivity index (χ1v) is 12.5. The minimum absolute atomic E-state index is 0. The zero-order valence-corrected chi connectivity index (χ0v) is 22.9. The monoisotopic (exact) mass is 487 g/mol. The van der Waals surface area contributed by atoms with Gasteiger partial charge in [-0.15, -0.1) is 0 Å². The van der Waals surface area contributed by atoms with E-state index >= 15 is 0 Å². The Morgan fingerprint density at radius 3 is 1.42 bits per heavy atom. The highest BCUT2D eigenvalue weighted by Gasteiger charge is 2.52. The van der Waals surface area contributed by atoms with Crippen molar-refractivity contribution in [2.45, 2.75) is 61.5 Å². The van der Waals surface area contributed by atoms with Gasteiger partial charge >= 0.3 is 0 Å². The molecule has 0 unspecified atom stereocenters. The molecule has 0 bridgehead atoms. The second kappa shape index (κ2) is 9.90. The summed E-state index contributed by atoms with van der Waals surface area (Å²) in [5, 5.41) is 0. The van der Waals surface area contributed by atoms with E-state index in [0.29, 0.717) is 0 Å². The Hall–Kier alpha value is -3.45. The van der Waals surface area contributed by atoms with Crippen LogP contribution in [-0.2, 0) is 9.59 Å². The summed E-state index contributed by atoms with van der Waals surface area (Å²) >= 11 is 0. The summed E-state index contributed by atoms with van der Waals surface area (Å²) in [7, 11) is -1.04. The van der Waals surface area contributed by atoms with Crippen LogP contribution < -0.4 is 14.3 Å². The topological polar surface area (TPSA) is 76.0 Å². The predicted octanol–water partition coefficient (Wildman–Crippen LogP) is 3.32. The van der Waals surface area contributed by atoms with Crippen LogP contribution in [0.4, 0.5) is 11.4 Å². The van der Waals surface area contributed by atoms with Crippen molar-refractivity contribution in [3.05, 3.63) is 88.2 Å². The van der Waals surface area contributed by atoms with E-state index in [0.717, 1.165) is 44.8 Å². The molecule has 7 heteroatoms. The van der Waals surface area contributed by atoms with Crippen LogP contribution in [0.2, 0.25) is 0 Å². The van der Waals surface area contributed by atoms with Crippen molar-refractivity contribution in [2.75, 3.05) is 9.80 Å². The number of anilines is 2. The molecule has 2 aromatic carbocycles. The number of nitrogens with zero attached hydrogens (tertiary/aromatic N) is 3. The molecule has 36 heavy (non-hydrogen) atoms. The maximum atomic E-state index is 14.1. The highest BCUT2D eigenvalue weighted by Crippen LogP contribution is 2.41. The van der Waals surface area contributed by atoms with E-state index in [1.54, 1.807) is 13.8 Å². The van der Waals surface area contributed by atoms with Crippen molar-refractivity contribution in [2.24, 2.45) is 5.41 Å². The molecular formula is C29H38BN3O3. The van der Waals surface area contributed by atoms with Gasteiger partial charge < -0.3 is 19.8 Å². The standard InChI is InChI=1S/C29H36BN3O2.H2O/c1-18-14-20(3)24(21(4)15-18)32-26(34)29(7,8)27(35)33(25-22(5)16-19(2)17-23(25)6)28(32)30-31-12-10-9-11-13-31;/h9-17,28H,30H2,1-8H3;1H2. The smallest absolute Gasteiger partial charge is 0.293 e. The van der Waals surface area contributed by atoms with Gasteiger partial charge in [0, 0.05) is 11.4 Å². The lowest BCUT2D eigenvalue weighted by Crippen LogP contribution is -2.72. The largest absolute Gasteiger partial charge is 0.429 e.